The van der Waals surface area contributed by atoms with Crippen molar-refractivity contribution in [3.8, 4) is 0 Å². The van der Waals surface area contributed by atoms with E-state index in [-0.39, 0.29) is 35.6 Å². The quantitative estimate of drug-likeness (QED) is 0.652. The summed E-state index contributed by atoms with van der Waals surface area (Å²) in [5.41, 5.74) is 0. The van der Waals surface area contributed by atoms with E-state index in [0.29, 0.717) is 32.4 Å². The SMILES string of the molecule is O=C(CCCCS(=O)(=O)N1CCCCC1)NC1CCS(=O)(=O)C1. The van der Waals surface area contributed by atoms with Crippen molar-refractivity contribution < 1.29 is 21.6 Å². The molecule has 9 heteroatoms. The normalized spacial score (nSPS) is 25.3. The molecule has 0 aromatic rings. The van der Waals surface area contributed by atoms with Gasteiger partial charge in [-0.25, -0.2) is 21.1 Å². The Morgan fingerprint density at radius 1 is 1.13 bits per heavy atom. The summed E-state index contributed by atoms with van der Waals surface area (Å²) < 4.78 is 48.5. The van der Waals surface area contributed by atoms with E-state index in [1.807, 2.05) is 0 Å². The van der Waals surface area contributed by atoms with Crippen LogP contribution < -0.4 is 5.32 Å². The summed E-state index contributed by atoms with van der Waals surface area (Å²) in [7, 11) is -6.19. The Kier molecular flexibility index (Phi) is 6.44. The Hall–Kier alpha value is -0.670. The Labute approximate surface area is 138 Å². The number of carbonyl (C=O) groups excluding carboxylic acids is 1. The maximum Gasteiger partial charge on any atom is 0.220 e. The maximum absolute atomic E-state index is 12.1. The van der Waals surface area contributed by atoms with Gasteiger partial charge >= 0.3 is 0 Å². The zero-order chi connectivity index (χ0) is 16.9. The highest BCUT2D eigenvalue weighted by molar-refractivity contribution is 7.91. The predicted molar refractivity (Wildman–Crippen MR) is 88.3 cm³/mol. The van der Waals surface area contributed by atoms with Gasteiger partial charge < -0.3 is 5.32 Å². The second-order valence-electron chi connectivity index (χ2n) is 6.40. The predicted octanol–water partition coefficient (Wildman–Crippen LogP) is 0.276. The molecule has 2 aliphatic heterocycles. The van der Waals surface area contributed by atoms with Crippen LogP contribution in [-0.4, -0.2) is 63.4 Å². The first kappa shape index (κ1) is 18.7. The molecule has 2 saturated heterocycles. The third-order valence-corrected chi connectivity index (χ3v) is 8.09. The van der Waals surface area contributed by atoms with Gasteiger partial charge in [0.15, 0.2) is 9.84 Å². The average Bonchev–Trinajstić information content (AvgIpc) is 2.83. The topological polar surface area (TPSA) is 101 Å². The summed E-state index contributed by atoms with van der Waals surface area (Å²) in [6.07, 6.45) is 4.60. The van der Waals surface area contributed by atoms with E-state index in [1.54, 1.807) is 4.31 Å². The number of carbonyl (C=O) groups is 1. The standard InChI is InChI=1S/C14H26N2O5S2/c17-14(15-13-7-11-22(18,19)12-13)6-2-5-10-23(20,21)16-8-3-1-4-9-16/h13H,1-12H2,(H,15,17). The van der Waals surface area contributed by atoms with Crippen molar-refractivity contribution in [2.45, 2.75) is 51.0 Å². The van der Waals surface area contributed by atoms with Crippen molar-refractivity contribution in [2.75, 3.05) is 30.3 Å². The number of hydrogen-bond acceptors (Lipinski definition) is 5. The van der Waals surface area contributed by atoms with Gasteiger partial charge in [0, 0.05) is 25.6 Å². The average molecular weight is 367 g/mol. The molecule has 0 saturated carbocycles. The second kappa shape index (κ2) is 7.94. The van der Waals surface area contributed by atoms with E-state index in [2.05, 4.69) is 5.32 Å². The number of hydrogen-bond donors (Lipinski definition) is 1. The van der Waals surface area contributed by atoms with Crippen LogP contribution in [0, 0.1) is 0 Å². The highest BCUT2D eigenvalue weighted by Crippen LogP contribution is 2.15. The van der Waals surface area contributed by atoms with Crippen LogP contribution in [0.5, 0.6) is 0 Å². The highest BCUT2D eigenvalue weighted by atomic mass is 32.2. The lowest BCUT2D eigenvalue weighted by atomic mass is 10.2. The number of sulfonamides is 1. The number of unbranched alkanes of at least 4 members (excludes halogenated alkanes) is 1. The Morgan fingerprint density at radius 3 is 2.43 bits per heavy atom. The van der Waals surface area contributed by atoms with Crippen molar-refractivity contribution in [3.05, 3.63) is 0 Å². The summed E-state index contributed by atoms with van der Waals surface area (Å²) in [6.45, 7) is 1.22. The van der Waals surface area contributed by atoms with E-state index in [9.17, 15) is 21.6 Å². The molecule has 0 aromatic heterocycles. The van der Waals surface area contributed by atoms with Crippen LogP contribution in [-0.2, 0) is 24.7 Å². The molecule has 1 N–H and O–H groups in total. The van der Waals surface area contributed by atoms with Gasteiger partial charge in [-0.2, -0.15) is 0 Å². The van der Waals surface area contributed by atoms with Crippen LogP contribution >= 0.6 is 0 Å². The van der Waals surface area contributed by atoms with Crippen molar-refractivity contribution in [1.82, 2.24) is 9.62 Å². The summed E-state index contributed by atoms with van der Waals surface area (Å²) in [5, 5.41) is 2.72. The molecule has 0 spiro atoms. The van der Waals surface area contributed by atoms with Gasteiger partial charge in [0.1, 0.15) is 0 Å². The molecule has 2 aliphatic rings. The lowest BCUT2D eigenvalue weighted by Gasteiger charge is -2.25. The molecule has 1 amide bonds. The Balaban J connectivity index is 1.64. The lowest BCUT2D eigenvalue weighted by Crippen LogP contribution is -2.37. The van der Waals surface area contributed by atoms with E-state index >= 15 is 0 Å². The van der Waals surface area contributed by atoms with Crippen molar-refractivity contribution >= 4 is 25.8 Å². The molecule has 23 heavy (non-hydrogen) atoms. The number of piperidine rings is 1. The molecule has 0 aromatic carbocycles. The number of amides is 1. The Bertz CT molecular complexity index is 609. The van der Waals surface area contributed by atoms with Gasteiger partial charge in [-0.3, -0.25) is 4.79 Å². The highest BCUT2D eigenvalue weighted by Gasteiger charge is 2.28. The van der Waals surface area contributed by atoms with Gasteiger partial charge in [-0.05, 0) is 32.1 Å². The third kappa shape index (κ3) is 6.04. The summed E-state index contributed by atoms with van der Waals surface area (Å²) in [6, 6.07) is -0.287. The van der Waals surface area contributed by atoms with Gasteiger partial charge in [0.05, 0.1) is 17.3 Å². The third-order valence-electron chi connectivity index (χ3n) is 4.36. The van der Waals surface area contributed by atoms with Crippen LogP contribution in [0.2, 0.25) is 0 Å². The first-order valence-corrected chi connectivity index (χ1v) is 11.7. The van der Waals surface area contributed by atoms with E-state index in [0.717, 1.165) is 19.3 Å². The van der Waals surface area contributed by atoms with E-state index in [4.69, 9.17) is 0 Å². The molecule has 2 heterocycles. The Morgan fingerprint density at radius 2 is 1.83 bits per heavy atom. The molecule has 0 bridgehead atoms. The molecule has 2 rings (SSSR count). The number of rotatable bonds is 7. The van der Waals surface area contributed by atoms with Gasteiger partial charge in [0.2, 0.25) is 15.9 Å². The van der Waals surface area contributed by atoms with Crippen LogP contribution in [0.15, 0.2) is 0 Å². The minimum absolute atomic E-state index is 0.0160. The van der Waals surface area contributed by atoms with Gasteiger partial charge in [-0.15, -0.1) is 0 Å². The summed E-state index contributed by atoms with van der Waals surface area (Å²) in [5.74, 6) is 0.0362. The lowest BCUT2D eigenvalue weighted by molar-refractivity contribution is -0.121. The number of nitrogens with one attached hydrogen (secondary N) is 1. The minimum atomic E-state index is -3.20. The van der Waals surface area contributed by atoms with Crippen molar-refractivity contribution in [3.63, 3.8) is 0 Å². The van der Waals surface area contributed by atoms with E-state index in [1.165, 1.54) is 0 Å². The molecule has 1 atom stereocenters. The summed E-state index contributed by atoms with van der Waals surface area (Å²) in [4.78, 5) is 11.8. The molecular formula is C14H26N2O5S2. The molecule has 0 radical (unpaired) electrons. The monoisotopic (exact) mass is 366 g/mol. The van der Waals surface area contributed by atoms with Gasteiger partial charge in [-0.1, -0.05) is 6.42 Å². The minimum Gasteiger partial charge on any atom is -0.352 e. The van der Waals surface area contributed by atoms with Crippen LogP contribution in [0.25, 0.3) is 0 Å². The molecule has 1 unspecified atom stereocenters. The number of nitrogens with zero attached hydrogens (tertiary/aromatic N) is 1. The molecule has 2 fully saturated rings. The number of sulfone groups is 1. The fraction of sp³-hybridized carbons (Fsp3) is 0.929. The largest absolute Gasteiger partial charge is 0.352 e. The zero-order valence-electron chi connectivity index (χ0n) is 13.4. The van der Waals surface area contributed by atoms with Crippen molar-refractivity contribution in [1.29, 1.82) is 0 Å². The fourth-order valence-electron chi connectivity index (χ4n) is 3.05. The van der Waals surface area contributed by atoms with Crippen LogP contribution in [0.3, 0.4) is 0 Å². The zero-order valence-corrected chi connectivity index (χ0v) is 15.0. The maximum atomic E-state index is 12.1. The van der Waals surface area contributed by atoms with Gasteiger partial charge in [0.25, 0.3) is 0 Å². The smallest absolute Gasteiger partial charge is 0.220 e. The van der Waals surface area contributed by atoms with Crippen molar-refractivity contribution in [2.24, 2.45) is 0 Å². The summed E-state index contributed by atoms with van der Waals surface area (Å²) >= 11 is 0. The molecule has 134 valence electrons. The first-order chi connectivity index (χ1) is 10.8. The molecule has 0 aliphatic carbocycles. The van der Waals surface area contributed by atoms with Crippen LogP contribution in [0.4, 0.5) is 0 Å². The molecule has 7 nitrogen and oxygen atoms in total. The van der Waals surface area contributed by atoms with E-state index < -0.39 is 19.9 Å². The second-order valence-corrected chi connectivity index (χ2v) is 10.7. The van der Waals surface area contributed by atoms with Crippen LogP contribution in [0.1, 0.15) is 44.9 Å². The fourth-order valence-corrected chi connectivity index (χ4v) is 6.37. The first-order valence-electron chi connectivity index (χ1n) is 8.26. The molecular weight excluding hydrogens is 340 g/mol.